The maximum atomic E-state index is 9.91. The van der Waals surface area contributed by atoms with E-state index in [0.29, 0.717) is 6.42 Å². The minimum atomic E-state index is -0.505. The van der Waals surface area contributed by atoms with Crippen molar-refractivity contribution in [3.8, 4) is 5.75 Å². The van der Waals surface area contributed by atoms with Crippen LogP contribution in [0, 0.1) is 0 Å². The summed E-state index contributed by atoms with van der Waals surface area (Å²) >= 11 is 0. The van der Waals surface area contributed by atoms with Crippen molar-refractivity contribution in [3.63, 3.8) is 0 Å². The third kappa shape index (κ3) is 3.53. The molecule has 3 heteroatoms. The molecule has 0 amide bonds. The summed E-state index contributed by atoms with van der Waals surface area (Å²) in [7, 11) is 1.61. The van der Waals surface area contributed by atoms with E-state index in [1.54, 1.807) is 7.11 Å². The van der Waals surface area contributed by atoms with Crippen LogP contribution < -0.4 is 10.5 Å². The fourth-order valence-electron chi connectivity index (χ4n) is 1.44. The van der Waals surface area contributed by atoms with Gasteiger partial charge in [-0.25, -0.2) is 0 Å². The lowest BCUT2D eigenvalue weighted by Gasteiger charge is -2.15. The Morgan fingerprint density at radius 1 is 1.47 bits per heavy atom. The Morgan fingerprint density at radius 3 is 2.80 bits per heavy atom. The first-order chi connectivity index (χ1) is 7.17. The predicted octanol–water partition coefficient (Wildman–Crippen LogP) is 1.86. The Hall–Kier alpha value is -1.06. The van der Waals surface area contributed by atoms with Crippen molar-refractivity contribution in [1.82, 2.24) is 0 Å². The highest BCUT2D eigenvalue weighted by Crippen LogP contribution is 2.22. The van der Waals surface area contributed by atoms with Gasteiger partial charge in [0.15, 0.2) is 0 Å². The maximum absolute atomic E-state index is 9.91. The molecule has 0 spiro atoms. The van der Waals surface area contributed by atoms with E-state index in [1.807, 2.05) is 31.2 Å². The monoisotopic (exact) mass is 209 g/mol. The molecule has 0 saturated carbocycles. The molecule has 1 aromatic rings. The fourth-order valence-corrected chi connectivity index (χ4v) is 1.44. The highest BCUT2D eigenvalue weighted by molar-refractivity contribution is 5.29. The number of hydrogen-bond donors (Lipinski definition) is 2. The average molecular weight is 209 g/mol. The van der Waals surface area contributed by atoms with Crippen molar-refractivity contribution in [2.45, 2.75) is 31.9 Å². The van der Waals surface area contributed by atoms with Gasteiger partial charge in [-0.2, -0.15) is 0 Å². The van der Waals surface area contributed by atoms with E-state index in [4.69, 9.17) is 10.5 Å². The SMILES string of the molecule is CCC(N)CC(O)c1cccc(OC)c1. The van der Waals surface area contributed by atoms with E-state index >= 15 is 0 Å². The van der Waals surface area contributed by atoms with Gasteiger partial charge in [-0.1, -0.05) is 19.1 Å². The van der Waals surface area contributed by atoms with Crippen molar-refractivity contribution in [2.75, 3.05) is 7.11 Å². The summed E-state index contributed by atoms with van der Waals surface area (Å²) in [6, 6.07) is 7.50. The third-order valence-corrected chi connectivity index (χ3v) is 2.53. The lowest BCUT2D eigenvalue weighted by atomic mass is 10.0. The average Bonchev–Trinajstić information content (AvgIpc) is 2.28. The van der Waals surface area contributed by atoms with Gasteiger partial charge in [0.1, 0.15) is 5.75 Å². The summed E-state index contributed by atoms with van der Waals surface area (Å²) in [5.74, 6) is 0.761. The summed E-state index contributed by atoms with van der Waals surface area (Å²) in [5, 5.41) is 9.91. The number of rotatable bonds is 5. The molecular formula is C12H19NO2. The Balaban J connectivity index is 2.68. The van der Waals surface area contributed by atoms with E-state index in [0.717, 1.165) is 17.7 Å². The minimum absolute atomic E-state index is 0.0474. The molecule has 3 N–H and O–H groups in total. The van der Waals surface area contributed by atoms with E-state index in [2.05, 4.69) is 0 Å². The van der Waals surface area contributed by atoms with E-state index in [-0.39, 0.29) is 6.04 Å². The topological polar surface area (TPSA) is 55.5 Å². The number of hydrogen-bond acceptors (Lipinski definition) is 3. The fraction of sp³-hybridized carbons (Fsp3) is 0.500. The number of aliphatic hydroxyl groups is 1. The summed E-state index contributed by atoms with van der Waals surface area (Å²) < 4.78 is 5.09. The molecule has 0 heterocycles. The molecule has 0 aromatic heterocycles. The molecule has 0 aliphatic heterocycles. The van der Waals surface area contributed by atoms with Crippen LogP contribution in [0.4, 0.5) is 0 Å². The molecule has 84 valence electrons. The lowest BCUT2D eigenvalue weighted by Crippen LogP contribution is -2.21. The second-order valence-electron chi connectivity index (χ2n) is 3.70. The van der Waals surface area contributed by atoms with Gasteiger partial charge < -0.3 is 15.6 Å². The number of ether oxygens (including phenoxy) is 1. The zero-order chi connectivity index (χ0) is 11.3. The van der Waals surface area contributed by atoms with Gasteiger partial charge in [0, 0.05) is 6.04 Å². The van der Waals surface area contributed by atoms with Gasteiger partial charge in [-0.05, 0) is 30.5 Å². The maximum Gasteiger partial charge on any atom is 0.119 e. The van der Waals surface area contributed by atoms with E-state index in [9.17, 15) is 5.11 Å². The van der Waals surface area contributed by atoms with Gasteiger partial charge in [-0.15, -0.1) is 0 Å². The summed E-state index contributed by atoms with van der Waals surface area (Å²) in [5.41, 5.74) is 6.65. The predicted molar refractivity (Wildman–Crippen MR) is 60.8 cm³/mol. The van der Waals surface area contributed by atoms with Crippen molar-refractivity contribution in [2.24, 2.45) is 5.73 Å². The first kappa shape index (κ1) is 12.0. The van der Waals surface area contributed by atoms with Crippen LogP contribution in [0.3, 0.4) is 0 Å². The highest BCUT2D eigenvalue weighted by Gasteiger charge is 2.11. The Morgan fingerprint density at radius 2 is 2.20 bits per heavy atom. The molecule has 0 aliphatic carbocycles. The number of aliphatic hydroxyl groups excluding tert-OH is 1. The van der Waals surface area contributed by atoms with Gasteiger partial charge in [0.25, 0.3) is 0 Å². The Labute approximate surface area is 90.9 Å². The van der Waals surface area contributed by atoms with Gasteiger partial charge in [0.05, 0.1) is 13.2 Å². The summed E-state index contributed by atoms with van der Waals surface area (Å²) in [4.78, 5) is 0. The molecule has 0 bridgehead atoms. The third-order valence-electron chi connectivity index (χ3n) is 2.53. The first-order valence-electron chi connectivity index (χ1n) is 5.25. The zero-order valence-electron chi connectivity index (χ0n) is 9.31. The molecule has 15 heavy (non-hydrogen) atoms. The quantitative estimate of drug-likeness (QED) is 0.778. The number of nitrogens with two attached hydrogens (primary N) is 1. The van der Waals surface area contributed by atoms with Crippen molar-refractivity contribution in [3.05, 3.63) is 29.8 Å². The molecule has 2 unspecified atom stereocenters. The van der Waals surface area contributed by atoms with Crippen molar-refractivity contribution < 1.29 is 9.84 Å². The molecule has 0 aliphatic rings. The van der Waals surface area contributed by atoms with Crippen LogP contribution >= 0.6 is 0 Å². The molecule has 1 rings (SSSR count). The normalized spacial score (nSPS) is 14.7. The van der Waals surface area contributed by atoms with Crippen molar-refractivity contribution >= 4 is 0 Å². The van der Waals surface area contributed by atoms with Crippen LogP contribution in [0.15, 0.2) is 24.3 Å². The zero-order valence-corrected chi connectivity index (χ0v) is 9.31. The molecule has 2 atom stereocenters. The minimum Gasteiger partial charge on any atom is -0.497 e. The van der Waals surface area contributed by atoms with Gasteiger partial charge in [0.2, 0.25) is 0 Å². The standard InChI is InChI=1S/C12H19NO2/c1-3-10(13)8-12(14)9-5-4-6-11(7-9)15-2/h4-7,10,12,14H,3,8,13H2,1-2H3. The molecule has 1 aromatic carbocycles. The number of methoxy groups -OCH3 is 1. The van der Waals surface area contributed by atoms with Crippen LogP contribution in [-0.4, -0.2) is 18.3 Å². The van der Waals surface area contributed by atoms with Gasteiger partial charge in [-0.3, -0.25) is 0 Å². The van der Waals surface area contributed by atoms with Crippen LogP contribution in [0.1, 0.15) is 31.4 Å². The molecular weight excluding hydrogens is 190 g/mol. The summed E-state index contributed by atoms with van der Waals surface area (Å²) in [6.07, 6.45) is 0.958. The molecule has 3 nitrogen and oxygen atoms in total. The lowest BCUT2D eigenvalue weighted by molar-refractivity contribution is 0.157. The smallest absolute Gasteiger partial charge is 0.119 e. The second-order valence-corrected chi connectivity index (χ2v) is 3.70. The van der Waals surface area contributed by atoms with Crippen LogP contribution in [0.25, 0.3) is 0 Å². The number of benzene rings is 1. The second kappa shape index (κ2) is 5.73. The van der Waals surface area contributed by atoms with Gasteiger partial charge >= 0.3 is 0 Å². The highest BCUT2D eigenvalue weighted by atomic mass is 16.5. The van der Waals surface area contributed by atoms with E-state index in [1.165, 1.54) is 0 Å². The summed E-state index contributed by atoms with van der Waals surface area (Å²) in [6.45, 7) is 2.02. The Kier molecular flexibility index (Phi) is 4.59. The Bertz CT molecular complexity index is 301. The van der Waals surface area contributed by atoms with Crippen LogP contribution in [-0.2, 0) is 0 Å². The van der Waals surface area contributed by atoms with Crippen LogP contribution in [0.5, 0.6) is 5.75 Å². The van der Waals surface area contributed by atoms with Crippen molar-refractivity contribution in [1.29, 1.82) is 0 Å². The largest absolute Gasteiger partial charge is 0.497 e. The molecule has 0 saturated heterocycles. The van der Waals surface area contributed by atoms with E-state index < -0.39 is 6.10 Å². The first-order valence-corrected chi connectivity index (χ1v) is 5.25. The van der Waals surface area contributed by atoms with Crippen LogP contribution in [0.2, 0.25) is 0 Å². The molecule has 0 fully saturated rings. The molecule has 0 radical (unpaired) electrons.